The van der Waals surface area contributed by atoms with E-state index in [1.165, 1.54) is 4.88 Å². The van der Waals surface area contributed by atoms with Crippen molar-refractivity contribution in [3.05, 3.63) is 94.3 Å². The smallest absolute Gasteiger partial charge is 0.328 e. The molecule has 0 saturated heterocycles. The van der Waals surface area contributed by atoms with E-state index < -0.39 is 11.9 Å². The first-order valence-electron chi connectivity index (χ1n) is 9.15. The van der Waals surface area contributed by atoms with Gasteiger partial charge in [0.1, 0.15) is 5.82 Å². The van der Waals surface area contributed by atoms with Gasteiger partial charge in [-0.3, -0.25) is 0 Å². The topological polar surface area (TPSA) is 138 Å². The number of pyridine rings is 1. The van der Waals surface area contributed by atoms with Crippen molar-refractivity contribution in [2.75, 3.05) is 5.32 Å². The van der Waals surface area contributed by atoms with Gasteiger partial charge in [-0.1, -0.05) is 42.5 Å². The van der Waals surface area contributed by atoms with Gasteiger partial charge in [-0.05, 0) is 23.1 Å². The minimum absolute atomic E-state index is 0.375. The standard InChI is InChI=1S/C18H18N4S.C4H4O4/c19-18(21-13-14-6-2-1-3-7-14)22-17-15(8-4-10-20-17)12-16-9-5-11-23-16;5-3(6)1-2-4(7)8/h1-11H,12-13H2,(H3,19,20,21,22);1-2H,(H,5,6)(H,7,8)/b;2-1-. The number of hydrogen-bond acceptors (Lipinski definition) is 5. The molecule has 0 aliphatic rings. The Morgan fingerprint density at radius 2 is 1.74 bits per heavy atom. The average Bonchev–Trinajstić information content (AvgIpc) is 3.27. The van der Waals surface area contributed by atoms with Crippen molar-refractivity contribution in [2.45, 2.75) is 13.0 Å². The Morgan fingerprint density at radius 1 is 1.03 bits per heavy atom. The number of carboxylic acids is 2. The highest BCUT2D eigenvalue weighted by molar-refractivity contribution is 7.09. The Labute approximate surface area is 183 Å². The third-order valence-corrected chi connectivity index (χ3v) is 4.60. The molecule has 0 aliphatic carbocycles. The molecule has 0 aliphatic heterocycles. The lowest BCUT2D eigenvalue weighted by atomic mass is 10.1. The van der Waals surface area contributed by atoms with Crippen molar-refractivity contribution >= 4 is 35.1 Å². The molecule has 0 unspecified atom stereocenters. The highest BCUT2D eigenvalue weighted by atomic mass is 32.1. The van der Waals surface area contributed by atoms with Crippen LogP contribution in [0.25, 0.3) is 0 Å². The summed E-state index contributed by atoms with van der Waals surface area (Å²) in [6, 6.07) is 18.2. The molecule has 0 amide bonds. The van der Waals surface area contributed by atoms with E-state index in [2.05, 4.69) is 38.9 Å². The maximum atomic E-state index is 9.55. The summed E-state index contributed by atoms with van der Waals surface area (Å²) in [5.41, 5.74) is 8.22. The summed E-state index contributed by atoms with van der Waals surface area (Å²) in [7, 11) is 0. The number of carbonyl (C=O) groups is 2. The lowest BCUT2D eigenvalue weighted by Gasteiger charge is -2.09. The molecule has 0 atom stereocenters. The Kier molecular flexibility index (Phi) is 9.44. The number of guanidine groups is 1. The maximum Gasteiger partial charge on any atom is 0.328 e. The molecule has 160 valence electrons. The second-order valence-corrected chi connectivity index (χ2v) is 7.12. The summed E-state index contributed by atoms with van der Waals surface area (Å²) >= 11 is 1.74. The van der Waals surface area contributed by atoms with Gasteiger partial charge in [0, 0.05) is 35.2 Å². The number of nitrogens with one attached hydrogen (secondary N) is 1. The number of carboxylic acid groups (broad SMARTS) is 2. The van der Waals surface area contributed by atoms with Gasteiger partial charge < -0.3 is 21.3 Å². The summed E-state index contributed by atoms with van der Waals surface area (Å²) < 4.78 is 0. The number of benzene rings is 1. The van der Waals surface area contributed by atoms with Crippen LogP contribution in [0.15, 0.2) is 83.3 Å². The molecule has 0 saturated carbocycles. The Bertz CT molecular complexity index is 1020. The van der Waals surface area contributed by atoms with Crippen molar-refractivity contribution < 1.29 is 19.8 Å². The number of anilines is 1. The zero-order valence-corrected chi connectivity index (χ0v) is 17.3. The lowest BCUT2D eigenvalue weighted by molar-refractivity contribution is -0.134. The van der Waals surface area contributed by atoms with E-state index in [9.17, 15) is 9.59 Å². The van der Waals surface area contributed by atoms with Crippen LogP contribution < -0.4 is 11.1 Å². The van der Waals surface area contributed by atoms with Gasteiger partial charge >= 0.3 is 11.9 Å². The zero-order chi connectivity index (χ0) is 22.5. The van der Waals surface area contributed by atoms with E-state index in [0.29, 0.717) is 24.7 Å². The van der Waals surface area contributed by atoms with Crippen LogP contribution in [0, 0.1) is 0 Å². The number of aromatic nitrogens is 1. The van der Waals surface area contributed by atoms with Gasteiger partial charge in [0.25, 0.3) is 0 Å². The van der Waals surface area contributed by atoms with E-state index >= 15 is 0 Å². The minimum atomic E-state index is -1.26. The summed E-state index contributed by atoms with van der Waals surface area (Å²) in [5.74, 6) is -1.38. The normalized spacial score (nSPS) is 10.9. The second-order valence-electron chi connectivity index (χ2n) is 6.09. The Morgan fingerprint density at radius 3 is 2.35 bits per heavy atom. The summed E-state index contributed by atoms with van der Waals surface area (Å²) in [6.07, 6.45) is 3.70. The Hall–Kier alpha value is -3.98. The summed E-state index contributed by atoms with van der Waals surface area (Å²) in [4.78, 5) is 29.2. The third-order valence-electron chi connectivity index (χ3n) is 3.73. The molecular weight excluding hydrogens is 416 g/mol. The zero-order valence-electron chi connectivity index (χ0n) is 16.5. The van der Waals surface area contributed by atoms with E-state index in [4.69, 9.17) is 15.9 Å². The minimum Gasteiger partial charge on any atom is -0.478 e. The van der Waals surface area contributed by atoms with Crippen molar-refractivity contribution in [1.29, 1.82) is 0 Å². The van der Waals surface area contributed by atoms with Crippen LogP contribution in [0.4, 0.5) is 5.82 Å². The molecule has 0 fully saturated rings. The monoisotopic (exact) mass is 438 g/mol. The Balaban J connectivity index is 0.000000366. The first kappa shape index (κ1) is 23.3. The summed E-state index contributed by atoms with van der Waals surface area (Å²) in [6.45, 7) is 0.548. The first-order valence-corrected chi connectivity index (χ1v) is 10.0. The van der Waals surface area contributed by atoms with Crippen molar-refractivity contribution in [2.24, 2.45) is 10.7 Å². The molecule has 1 aromatic carbocycles. The number of thiophene rings is 1. The van der Waals surface area contributed by atoms with Gasteiger partial charge in [-0.2, -0.15) is 0 Å². The quantitative estimate of drug-likeness (QED) is 0.252. The molecule has 2 heterocycles. The first-order chi connectivity index (χ1) is 14.9. The van der Waals surface area contributed by atoms with Crippen LogP contribution in [0.1, 0.15) is 16.0 Å². The highest BCUT2D eigenvalue weighted by Gasteiger charge is 2.06. The number of rotatable bonds is 7. The van der Waals surface area contributed by atoms with Gasteiger partial charge in [0.15, 0.2) is 5.96 Å². The molecule has 8 nitrogen and oxygen atoms in total. The van der Waals surface area contributed by atoms with Gasteiger partial charge in [-0.15, -0.1) is 11.3 Å². The molecule has 3 rings (SSSR count). The molecule has 31 heavy (non-hydrogen) atoms. The molecule has 5 N–H and O–H groups in total. The van der Waals surface area contributed by atoms with Gasteiger partial charge in [-0.25, -0.2) is 19.6 Å². The predicted molar refractivity (Wildman–Crippen MR) is 121 cm³/mol. The maximum absolute atomic E-state index is 9.55. The summed E-state index contributed by atoms with van der Waals surface area (Å²) in [5, 5.41) is 20.8. The fourth-order valence-corrected chi connectivity index (χ4v) is 3.09. The van der Waals surface area contributed by atoms with Crippen molar-refractivity contribution in [3.63, 3.8) is 0 Å². The number of nitrogens with two attached hydrogens (primary N) is 1. The molecule has 9 heteroatoms. The molecule has 2 aromatic heterocycles. The molecule has 0 radical (unpaired) electrons. The highest BCUT2D eigenvalue weighted by Crippen LogP contribution is 2.19. The SMILES string of the molecule is NC(=NCc1ccccc1)Nc1ncccc1Cc1cccs1.O=C(O)/C=C\C(=O)O. The van der Waals surface area contributed by atoms with E-state index in [-0.39, 0.29) is 0 Å². The largest absolute Gasteiger partial charge is 0.478 e. The van der Waals surface area contributed by atoms with Crippen molar-refractivity contribution in [3.8, 4) is 0 Å². The fourth-order valence-electron chi connectivity index (χ4n) is 2.36. The van der Waals surface area contributed by atoms with Crippen LogP contribution in [0.3, 0.4) is 0 Å². The number of aliphatic imine (C=N–C) groups is 1. The van der Waals surface area contributed by atoms with Crippen LogP contribution >= 0.6 is 11.3 Å². The van der Waals surface area contributed by atoms with Crippen LogP contribution in [0.2, 0.25) is 0 Å². The molecular formula is C22H22N4O4S. The predicted octanol–water partition coefficient (Wildman–Crippen LogP) is 3.37. The molecule has 3 aromatic rings. The molecule has 0 spiro atoms. The van der Waals surface area contributed by atoms with Crippen LogP contribution in [-0.4, -0.2) is 33.1 Å². The van der Waals surface area contributed by atoms with Crippen LogP contribution in [-0.2, 0) is 22.6 Å². The van der Waals surface area contributed by atoms with Crippen LogP contribution in [0.5, 0.6) is 0 Å². The van der Waals surface area contributed by atoms with Crippen molar-refractivity contribution in [1.82, 2.24) is 4.98 Å². The third kappa shape index (κ3) is 9.37. The lowest BCUT2D eigenvalue weighted by Crippen LogP contribution is -2.24. The van der Waals surface area contributed by atoms with E-state index in [1.54, 1.807) is 17.5 Å². The number of nitrogens with zero attached hydrogens (tertiary/aromatic N) is 2. The average molecular weight is 439 g/mol. The van der Waals surface area contributed by atoms with E-state index in [0.717, 1.165) is 23.4 Å². The van der Waals surface area contributed by atoms with E-state index in [1.807, 2.05) is 36.4 Å². The van der Waals surface area contributed by atoms with Gasteiger partial charge in [0.2, 0.25) is 0 Å². The fraction of sp³-hybridized carbons (Fsp3) is 0.0909. The number of aliphatic carboxylic acids is 2. The van der Waals surface area contributed by atoms with Gasteiger partial charge in [0.05, 0.1) is 6.54 Å². The second kappa shape index (κ2) is 12.6. The molecule has 0 bridgehead atoms. The number of hydrogen-bond donors (Lipinski definition) is 4.